The number of hydrogen-bond donors (Lipinski definition) is 2. The summed E-state index contributed by atoms with van der Waals surface area (Å²) in [6, 6.07) is 22.2. The lowest BCUT2D eigenvalue weighted by Gasteiger charge is -2.19. The quantitative estimate of drug-likeness (QED) is 0.641. The lowest BCUT2D eigenvalue weighted by Crippen LogP contribution is -1.97. The van der Waals surface area contributed by atoms with Crippen LogP contribution in [0.4, 0.5) is 0 Å². The second kappa shape index (κ2) is 7.14. The first-order valence-electron chi connectivity index (χ1n) is 7.69. The summed E-state index contributed by atoms with van der Waals surface area (Å²) in [5, 5.41) is 0. The van der Waals surface area contributed by atoms with Gasteiger partial charge in [0.2, 0.25) is 0 Å². The van der Waals surface area contributed by atoms with Crippen molar-refractivity contribution in [1.82, 2.24) is 0 Å². The molecule has 0 aliphatic heterocycles. The minimum atomic E-state index is -2.47. The molecule has 0 amide bonds. The number of benzene rings is 3. The van der Waals surface area contributed by atoms with Crippen LogP contribution in [0.5, 0.6) is 5.75 Å². The molecule has 122 valence electrons. The standard InChI is InChI=1S/C20H19O3P/c1-14-18(16-9-5-3-6-10-16)13-19(17-11-7-4-8-12-17)15(2)20(14)23-24(21)22/h3-13,21-22H,1-2H3. The van der Waals surface area contributed by atoms with Gasteiger partial charge in [0, 0.05) is 0 Å². The fourth-order valence-corrected chi connectivity index (χ4v) is 3.38. The van der Waals surface area contributed by atoms with Crippen molar-refractivity contribution >= 4 is 8.60 Å². The van der Waals surface area contributed by atoms with E-state index in [4.69, 9.17) is 4.52 Å². The Hall–Kier alpha value is -2.19. The molecule has 3 rings (SSSR count). The molecule has 24 heavy (non-hydrogen) atoms. The van der Waals surface area contributed by atoms with Gasteiger partial charge in [0.15, 0.2) is 0 Å². The Morgan fingerprint density at radius 2 is 1.12 bits per heavy atom. The maximum Gasteiger partial charge on any atom is 0.391 e. The minimum Gasteiger partial charge on any atom is -0.426 e. The van der Waals surface area contributed by atoms with Crippen LogP contribution >= 0.6 is 8.60 Å². The first-order valence-corrected chi connectivity index (χ1v) is 8.85. The Labute approximate surface area is 143 Å². The molecule has 0 unspecified atom stereocenters. The third kappa shape index (κ3) is 3.34. The van der Waals surface area contributed by atoms with Crippen molar-refractivity contribution in [2.45, 2.75) is 13.8 Å². The van der Waals surface area contributed by atoms with Gasteiger partial charge < -0.3 is 14.3 Å². The van der Waals surface area contributed by atoms with E-state index >= 15 is 0 Å². The summed E-state index contributed by atoms with van der Waals surface area (Å²) in [5.74, 6) is 0.534. The SMILES string of the molecule is Cc1c(-c2ccccc2)cc(-c2ccccc2)c(C)c1OP(O)O. The number of hydrogen-bond acceptors (Lipinski definition) is 3. The Morgan fingerprint density at radius 3 is 1.50 bits per heavy atom. The van der Waals surface area contributed by atoms with E-state index in [1.54, 1.807) is 0 Å². The van der Waals surface area contributed by atoms with E-state index in [1.165, 1.54) is 0 Å². The van der Waals surface area contributed by atoms with E-state index < -0.39 is 8.60 Å². The summed E-state index contributed by atoms with van der Waals surface area (Å²) in [6.07, 6.45) is 0. The van der Waals surface area contributed by atoms with E-state index in [2.05, 4.69) is 6.07 Å². The summed E-state index contributed by atoms with van der Waals surface area (Å²) in [7, 11) is -2.47. The lowest BCUT2D eigenvalue weighted by molar-refractivity contribution is 0.373. The van der Waals surface area contributed by atoms with E-state index in [0.29, 0.717) is 5.75 Å². The highest BCUT2D eigenvalue weighted by Crippen LogP contribution is 2.43. The normalized spacial score (nSPS) is 10.9. The highest BCUT2D eigenvalue weighted by atomic mass is 31.2. The van der Waals surface area contributed by atoms with E-state index in [9.17, 15) is 9.79 Å². The van der Waals surface area contributed by atoms with E-state index in [0.717, 1.165) is 33.4 Å². The third-order valence-corrected chi connectivity index (χ3v) is 4.47. The fourth-order valence-electron chi connectivity index (χ4n) is 2.94. The van der Waals surface area contributed by atoms with Crippen LogP contribution in [0, 0.1) is 13.8 Å². The maximum atomic E-state index is 9.38. The molecule has 0 aliphatic carbocycles. The molecule has 3 aromatic rings. The summed E-state index contributed by atoms with van der Waals surface area (Å²) in [6.45, 7) is 3.89. The molecule has 0 aromatic heterocycles. The Morgan fingerprint density at radius 1 is 0.708 bits per heavy atom. The Kier molecular flexibility index (Phi) is 4.96. The van der Waals surface area contributed by atoms with Gasteiger partial charge in [-0.1, -0.05) is 60.7 Å². The largest absolute Gasteiger partial charge is 0.426 e. The molecule has 0 spiro atoms. The highest BCUT2D eigenvalue weighted by Gasteiger charge is 2.18. The molecule has 2 N–H and O–H groups in total. The molecule has 0 radical (unpaired) electrons. The average molecular weight is 338 g/mol. The van der Waals surface area contributed by atoms with Crippen LogP contribution in [0.3, 0.4) is 0 Å². The summed E-state index contributed by atoms with van der Waals surface area (Å²) < 4.78 is 5.38. The summed E-state index contributed by atoms with van der Waals surface area (Å²) in [4.78, 5) is 18.8. The Balaban J connectivity index is 2.27. The highest BCUT2D eigenvalue weighted by molar-refractivity contribution is 7.39. The van der Waals surface area contributed by atoms with E-state index in [1.807, 2.05) is 74.5 Å². The van der Waals surface area contributed by atoms with Crippen molar-refractivity contribution in [3.8, 4) is 28.0 Å². The first kappa shape index (κ1) is 16.7. The molecule has 0 saturated heterocycles. The molecule has 3 aromatic carbocycles. The molecule has 4 heteroatoms. The molecular formula is C20H19O3P. The van der Waals surface area contributed by atoms with Gasteiger partial charge in [0.1, 0.15) is 5.75 Å². The van der Waals surface area contributed by atoms with Crippen LogP contribution in [0.15, 0.2) is 66.7 Å². The van der Waals surface area contributed by atoms with Crippen molar-refractivity contribution in [2.24, 2.45) is 0 Å². The van der Waals surface area contributed by atoms with Gasteiger partial charge in [0.25, 0.3) is 0 Å². The van der Waals surface area contributed by atoms with Gasteiger partial charge in [-0.2, -0.15) is 0 Å². The second-order valence-corrected chi connectivity index (χ2v) is 6.31. The third-order valence-electron chi connectivity index (χ3n) is 4.12. The Bertz CT molecular complexity index is 767. The predicted octanol–water partition coefficient (Wildman–Crippen LogP) is 5.23. The maximum absolute atomic E-state index is 9.38. The first-order chi connectivity index (χ1) is 11.6. The molecule has 0 bridgehead atoms. The molecule has 3 nitrogen and oxygen atoms in total. The van der Waals surface area contributed by atoms with Crippen LogP contribution in [-0.4, -0.2) is 9.79 Å². The summed E-state index contributed by atoms with van der Waals surface area (Å²) >= 11 is 0. The van der Waals surface area contributed by atoms with Crippen molar-refractivity contribution in [2.75, 3.05) is 0 Å². The zero-order valence-corrected chi connectivity index (χ0v) is 14.5. The zero-order valence-electron chi connectivity index (χ0n) is 13.6. The van der Waals surface area contributed by atoms with Gasteiger partial charge in [-0.3, -0.25) is 0 Å². The minimum absolute atomic E-state index is 0.534. The van der Waals surface area contributed by atoms with Gasteiger partial charge in [-0.15, -0.1) is 0 Å². The van der Waals surface area contributed by atoms with Crippen molar-refractivity contribution in [3.63, 3.8) is 0 Å². The van der Waals surface area contributed by atoms with Gasteiger partial charge in [0.05, 0.1) is 0 Å². The monoisotopic (exact) mass is 338 g/mol. The lowest BCUT2D eigenvalue weighted by atomic mass is 9.91. The molecule has 0 atom stereocenters. The molecule has 0 saturated carbocycles. The fraction of sp³-hybridized carbons (Fsp3) is 0.100. The summed E-state index contributed by atoms with van der Waals surface area (Å²) in [5.41, 5.74) is 5.97. The molecule has 0 heterocycles. The zero-order chi connectivity index (χ0) is 17.1. The van der Waals surface area contributed by atoms with Crippen molar-refractivity contribution in [3.05, 3.63) is 77.9 Å². The second-order valence-electron chi connectivity index (χ2n) is 5.63. The van der Waals surface area contributed by atoms with Crippen LogP contribution in [0.1, 0.15) is 11.1 Å². The van der Waals surface area contributed by atoms with Gasteiger partial charge in [-0.25, -0.2) is 0 Å². The smallest absolute Gasteiger partial charge is 0.391 e. The number of rotatable bonds is 4. The predicted molar refractivity (Wildman–Crippen MR) is 98.8 cm³/mol. The molecule has 0 fully saturated rings. The van der Waals surface area contributed by atoms with Crippen molar-refractivity contribution in [1.29, 1.82) is 0 Å². The average Bonchev–Trinajstić information content (AvgIpc) is 2.60. The van der Waals surface area contributed by atoms with Crippen LogP contribution < -0.4 is 4.52 Å². The van der Waals surface area contributed by atoms with E-state index in [-0.39, 0.29) is 0 Å². The van der Waals surface area contributed by atoms with Crippen molar-refractivity contribution < 1.29 is 14.3 Å². The molecular weight excluding hydrogens is 319 g/mol. The molecule has 0 aliphatic rings. The van der Waals surface area contributed by atoms with Gasteiger partial charge in [-0.05, 0) is 53.3 Å². The van der Waals surface area contributed by atoms with Crippen LogP contribution in [0.2, 0.25) is 0 Å². The van der Waals surface area contributed by atoms with Crippen LogP contribution in [-0.2, 0) is 0 Å². The van der Waals surface area contributed by atoms with Gasteiger partial charge >= 0.3 is 8.60 Å². The van der Waals surface area contributed by atoms with Crippen LogP contribution in [0.25, 0.3) is 22.3 Å². The topological polar surface area (TPSA) is 49.7 Å².